The number of carbonyl (C=O) groups excluding carboxylic acids is 3. The van der Waals surface area contributed by atoms with Crippen molar-refractivity contribution in [1.82, 2.24) is 5.32 Å². The van der Waals surface area contributed by atoms with Crippen LogP contribution < -0.4 is 5.32 Å². The maximum absolute atomic E-state index is 12.9. The smallest absolute Gasteiger partial charge is 0.408 e. The van der Waals surface area contributed by atoms with E-state index in [1.807, 2.05) is 60.7 Å². The molecule has 0 aliphatic carbocycles. The summed E-state index contributed by atoms with van der Waals surface area (Å²) in [5.74, 6) is -1.86. The summed E-state index contributed by atoms with van der Waals surface area (Å²) in [6.07, 6.45) is 1.05. The van der Waals surface area contributed by atoms with E-state index in [9.17, 15) is 14.4 Å². The minimum atomic E-state index is -1.10. The van der Waals surface area contributed by atoms with Crippen LogP contribution in [-0.2, 0) is 37.0 Å². The number of alkyl carbamates (subject to hydrolysis) is 1. The Hall–Kier alpha value is -3.61. The van der Waals surface area contributed by atoms with Crippen molar-refractivity contribution in [3.8, 4) is 0 Å². The van der Waals surface area contributed by atoms with E-state index in [-0.39, 0.29) is 26.1 Å². The number of esters is 2. The largest absolute Gasteiger partial charge is 0.461 e. The summed E-state index contributed by atoms with van der Waals surface area (Å²) >= 11 is 0. The van der Waals surface area contributed by atoms with Crippen molar-refractivity contribution in [3.63, 3.8) is 0 Å². The van der Waals surface area contributed by atoms with Gasteiger partial charge in [0.15, 0.2) is 0 Å². The number of benzene rings is 2. The molecule has 2 aromatic carbocycles. The highest BCUT2D eigenvalue weighted by Crippen LogP contribution is 2.18. The van der Waals surface area contributed by atoms with Crippen LogP contribution in [-0.4, -0.2) is 29.7 Å². The van der Waals surface area contributed by atoms with Gasteiger partial charge in [0.2, 0.25) is 0 Å². The molecule has 0 aromatic heterocycles. The molecule has 0 saturated carbocycles. The van der Waals surface area contributed by atoms with Gasteiger partial charge in [-0.15, -0.1) is 6.58 Å². The van der Waals surface area contributed by atoms with Crippen molar-refractivity contribution in [2.75, 3.05) is 0 Å². The number of carbonyl (C=O) groups is 3. The van der Waals surface area contributed by atoms with Crippen molar-refractivity contribution < 1.29 is 28.6 Å². The van der Waals surface area contributed by atoms with E-state index in [0.29, 0.717) is 0 Å². The molecule has 7 nitrogen and oxygen atoms in total. The Bertz CT molecular complexity index is 937. The molecule has 2 atom stereocenters. The Morgan fingerprint density at radius 2 is 1.38 bits per heavy atom. The molecule has 2 rings (SSSR count). The van der Waals surface area contributed by atoms with E-state index in [2.05, 4.69) is 11.9 Å². The number of hydrogen-bond donors (Lipinski definition) is 1. The zero-order valence-corrected chi connectivity index (χ0v) is 20.0. The first-order valence-electron chi connectivity index (χ1n) is 11.2. The quantitative estimate of drug-likeness (QED) is 0.286. The summed E-state index contributed by atoms with van der Waals surface area (Å²) < 4.78 is 16.2. The Morgan fingerprint density at radius 3 is 1.85 bits per heavy atom. The lowest BCUT2D eigenvalue weighted by Crippen LogP contribution is -2.46. The highest BCUT2D eigenvalue weighted by molar-refractivity contribution is 5.82. The van der Waals surface area contributed by atoms with Crippen LogP contribution >= 0.6 is 0 Å². The fraction of sp³-hybridized carbons (Fsp3) is 0.370. The number of rotatable bonds is 11. The summed E-state index contributed by atoms with van der Waals surface area (Å²) in [6, 6.07) is 17.4. The summed E-state index contributed by atoms with van der Waals surface area (Å²) in [4.78, 5) is 38.1. The van der Waals surface area contributed by atoms with Crippen LogP contribution in [0.15, 0.2) is 73.3 Å². The molecule has 34 heavy (non-hydrogen) atoms. The number of hydrogen-bond acceptors (Lipinski definition) is 6. The summed E-state index contributed by atoms with van der Waals surface area (Å²) in [5, 5.41) is 2.55. The molecule has 0 bridgehead atoms. The highest BCUT2D eigenvalue weighted by Gasteiger charge is 2.31. The maximum Gasteiger partial charge on any atom is 0.408 e. The second-order valence-corrected chi connectivity index (χ2v) is 8.84. The first-order chi connectivity index (χ1) is 16.2. The second kappa shape index (κ2) is 13.2. The van der Waals surface area contributed by atoms with E-state index in [1.165, 1.54) is 0 Å². The summed E-state index contributed by atoms with van der Waals surface area (Å²) in [7, 11) is 0. The lowest BCUT2D eigenvalue weighted by atomic mass is 9.96. The molecule has 1 N–H and O–H groups in total. The Morgan fingerprint density at radius 1 is 0.882 bits per heavy atom. The monoisotopic (exact) mass is 467 g/mol. The van der Waals surface area contributed by atoms with Gasteiger partial charge in [0.1, 0.15) is 24.9 Å². The molecule has 0 fully saturated rings. The standard InChI is InChI=1S/C27H33NO6/c1-5-12-22(24(29)32-18-20-13-8-6-9-14-20)17-23(28-26(31)34-27(2,3)4)25(30)33-19-21-15-10-7-11-16-21/h5-11,13-16,22-23H,1,12,17-19H2,2-4H3,(H,28,31)/t22-,23-/m0/s1. The molecule has 2 aromatic rings. The van der Waals surface area contributed by atoms with Crippen LogP contribution in [0, 0.1) is 5.92 Å². The predicted octanol–water partition coefficient (Wildman–Crippen LogP) is 4.95. The van der Waals surface area contributed by atoms with E-state index in [1.54, 1.807) is 26.8 Å². The molecule has 0 radical (unpaired) electrons. The fourth-order valence-corrected chi connectivity index (χ4v) is 3.11. The van der Waals surface area contributed by atoms with Crippen LogP contribution in [0.3, 0.4) is 0 Å². The number of nitrogens with one attached hydrogen (secondary N) is 1. The SMILES string of the molecule is C=CC[C@@H](C[C@H](NC(=O)OC(C)(C)C)C(=O)OCc1ccccc1)C(=O)OCc1ccccc1. The molecule has 0 spiro atoms. The minimum Gasteiger partial charge on any atom is -0.461 e. The van der Waals surface area contributed by atoms with Crippen molar-refractivity contribution >= 4 is 18.0 Å². The van der Waals surface area contributed by atoms with Gasteiger partial charge in [-0.3, -0.25) is 4.79 Å². The van der Waals surface area contributed by atoms with Gasteiger partial charge in [0.25, 0.3) is 0 Å². The Labute approximate surface area is 201 Å². The van der Waals surface area contributed by atoms with Crippen LogP contribution in [0.5, 0.6) is 0 Å². The zero-order valence-electron chi connectivity index (χ0n) is 20.0. The molecule has 182 valence electrons. The van der Waals surface area contributed by atoms with Crippen LogP contribution in [0.1, 0.15) is 44.7 Å². The molecule has 0 aliphatic heterocycles. The van der Waals surface area contributed by atoms with Crippen LogP contribution in [0.4, 0.5) is 4.79 Å². The van der Waals surface area contributed by atoms with Gasteiger partial charge in [-0.1, -0.05) is 66.7 Å². The molecule has 0 saturated heterocycles. The predicted molar refractivity (Wildman–Crippen MR) is 129 cm³/mol. The molecule has 7 heteroatoms. The Balaban J connectivity index is 2.09. The topological polar surface area (TPSA) is 90.9 Å². The van der Waals surface area contributed by atoms with E-state index >= 15 is 0 Å². The lowest BCUT2D eigenvalue weighted by molar-refractivity contribution is -0.152. The van der Waals surface area contributed by atoms with Gasteiger partial charge in [0, 0.05) is 0 Å². The van der Waals surface area contributed by atoms with Gasteiger partial charge in [-0.25, -0.2) is 9.59 Å². The van der Waals surface area contributed by atoms with Gasteiger partial charge in [0.05, 0.1) is 5.92 Å². The van der Waals surface area contributed by atoms with Crippen molar-refractivity contribution in [1.29, 1.82) is 0 Å². The number of allylic oxidation sites excluding steroid dienone is 1. The summed E-state index contributed by atoms with van der Waals surface area (Å²) in [6.45, 7) is 9.01. The van der Waals surface area contributed by atoms with Crippen LogP contribution in [0.25, 0.3) is 0 Å². The second-order valence-electron chi connectivity index (χ2n) is 8.84. The van der Waals surface area contributed by atoms with E-state index < -0.39 is 35.6 Å². The third kappa shape index (κ3) is 9.90. The Kier molecular flexibility index (Phi) is 10.3. The molecule has 0 heterocycles. The molecule has 0 aliphatic rings. The van der Waals surface area contributed by atoms with Crippen molar-refractivity contribution in [2.45, 2.75) is 58.5 Å². The average Bonchev–Trinajstić information content (AvgIpc) is 2.80. The first-order valence-corrected chi connectivity index (χ1v) is 11.2. The maximum atomic E-state index is 12.9. The summed E-state index contributed by atoms with van der Waals surface area (Å²) in [5.41, 5.74) is 0.897. The van der Waals surface area contributed by atoms with Gasteiger partial charge < -0.3 is 19.5 Å². The van der Waals surface area contributed by atoms with Gasteiger partial charge in [-0.2, -0.15) is 0 Å². The minimum absolute atomic E-state index is 0.0213. The van der Waals surface area contributed by atoms with E-state index in [4.69, 9.17) is 14.2 Å². The van der Waals surface area contributed by atoms with Crippen LogP contribution in [0.2, 0.25) is 0 Å². The molecular formula is C27H33NO6. The zero-order chi connectivity index (χ0) is 25.0. The fourth-order valence-electron chi connectivity index (χ4n) is 3.11. The number of ether oxygens (including phenoxy) is 3. The van der Waals surface area contributed by atoms with Crippen molar-refractivity contribution in [3.05, 3.63) is 84.4 Å². The van der Waals surface area contributed by atoms with E-state index in [0.717, 1.165) is 11.1 Å². The highest BCUT2D eigenvalue weighted by atomic mass is 16.6. The third-order valence-corrected chi connectivity index (χ3v) is 4.73. The molecule has 0 unspecified atom stereocenters. The molecular weight excluding hydrogens is 434 g/mol. The lowest BCUT2D eigenvalue weighted by Gasteiger charge is -2.25. The van der Waals surface area contributed by atoms with Crippen molar-refractivity contribution in [2.24, 2.45) is 5.92 Å². The normalized spacial score (nSPS) is 12.7. The number of amides is 1. The average molecular weight is 468 g/mol. The first kappa shape index (κ1) is 26.6. The van der Waals surface area contributed by atoms with Gasteiger partial charge >= 0.3 is 18.0 Å². The third-order valence-electron chi connectivity index (χ3n) is 4.73. The molecule has 1 amide bonds. The van der Waals surface area contributed by atoms with Gasteiger partial charge in [-0.05, 0) is 44.7 Å².